The first-order valence-electron chi connectivity index (χ1n) is 7.28. The van der Waals surface area contributed by atoms with Gasteiger partial charge in [0.15, 0.2) is 0 Å². The fourth-order valence-electron chi connectivity index (χ4n) is 3.97. The van der Waals surface area contributed by atoms with Gasteiger partial charge in [-0.05, 0) is 55.6 Å². The average Bonchev–Trinajstić information content (AvgIpc) is 2.99. The largest absolute Gasteiger partial charge is 0.389 e. The van der Waals surface area contributed by atoms with Crippen LogP contribution in [0.15, 0.2) is 18.2 Å². The van der Waals surface area contributed by atoms with E-state index in [1.54, 1.807) is 0 Å². The van der Waals surface area contributed by atoms with Crippen molar-refractivity contribution in [2.24, 2.45) is 23.5 Å². The van der Waals surface area contributed by atoms with Crippen LogP contribution in [0, 0.1) is 24.7 Å². The van der Waals surface area contributed by atoms with E-state index in [4.69, 9.17) is 18.0 Å². The van der Waals surface area contributed by atoms with E-state index in [0.29, 0.717) is 4.99 Å². The molecule has 0 saturated heterocycles. The summed E-state index contributed by atoms with van der Waals surface area (Å²) in [6.45, 7) is 3.19. The van der Waals surface area contributed by atoms with E-state index in [0.717, 1.165) is 35.5 Å². The number of hydrogen-bond donors (Lipinski definition) is 2. The van der Waals surface area contributed by atoms with Gasteiger partial charge < -0.3 is 11.1 Å². The normalized spacial score (nSPS) is 28.6. The summed E-state index contributed by atoms with van der Waals surface area (Å²) in [5.41, 5.74) is 9.17. The smallest absolute Gasteiger partial charge is 0.106 e. The van der Waals surface area contributed by atoms with Crippen molar-refractivity contribution in [1.29, 1.82) is 0 Å². The lowest BCUT2D eigenvalue weighted by atomic mass is 9.88. The monoisotopic (exact) mass is 274 g/mol. The third kappa shape index (κ3) is 2.48. The predicted octanol–water partition coefficient (Wildman–Crippen LogP) is 3.48. The molecule has 0 amide bonds. The summed E-state index contributed by atoms with van der Waals surface area (Å²) in [7, 11) is 0. The van der Waals surface area contributed by atoms with E-state index >= 15 is 0 Å². The summed E-state index contributed by atoms with van der Waals surface area (Å²) < 4.78 is 0. The molecule has 19 heavy (non-hydrogen) atoms. The third-order valence-corrected chi connectivity index (χ3v) is 5.18. The molecule has 2 fully saturated rings. The summed E-state index contributed by atoms with van der Waals surface area (Å²) >= 11 is 5.15. The van der Waals surface area contributed by atoms with Crippen LogP contribution in [-0.2, 0) is 0 Å². The minimum Gasteiger partial charge on any atom is -0.389 e. The molecule has 0 spiro atoms. The molecule has 0 aromatic heterocycles. The van der Waals surface area contributed by atoms with Crippen molar-refractivity contribution in [3.63, 3.8) is 0 Å². The van der Waals surface area contributed by atoms with Gasteiger partial charge in [-0.1, -0.05) is 30.8 Å². The van der Waals surface area contributed by atoms with Gasteiger partial charge in [-0.3, -0.25) is 0 Å². The molecule has 0 aliphatic heterocycles. The number of benzene rings is 1. The van der Waals surface area contributed by atoms with Crippen LogP contribution in [-0.4, -0.2) is 11.5 Å². The molecule has 1 aromatic carbocycles. The van der Waals surface area contributed by atoms with Crippen molar-refractivity contribution in [3.05, 3.63) is 29.3 Å². The molecule has 102 valence electrons. The molecule has 2 aliphatic rings. The predicted molar refractivity (Wildman–Crippen MR) is 84.5 cm³/mol. The van der Waals surface area contributed by atoms with Crippen molar-refractivity contribution in [2.45, 2.75) is 32.6 Å². The maximum absolute atomic E-state index is 5.82. The van der Waals surface area contributed by atoms with Gasteiger partial charge >= 0.3 is 0 Å². The number of nitrogens with one attached hydrogen (secondary N) is 1. The molecule has 1 aromatic rings. The van der Waals surface area contributed by atoms with Gasteiger partial charge in [0.2, 0.25) is 0 Å². The van der Waals surface area contributed by atoms with E-state index in [9.17, 15) is 0 Å². The lowest BCUT2D eigenvalue weighted by Crippen LogP contribution is -2.22. The number of hydrogen-bond acceptors (Lipinski definition) is 2. The van der Waals surface area contributed by atoms with E-state index < -0.39 is 0 Å². The Morgan fingerprint density at radius 2 is 2.21 bits per heavy atom. The van der Waals surface area contributed by atoms with Crippen molar-refractivity contribution in [1.82, 2.24) is 0 Å². The topological polar surface area (TPSA) is 38.0 Å². The van der Waals surface area contributed by atoms with Crippen LogP contribution in [0.25, 0.3) is 0 Å². The van der Waals surface area contributed by atoms with Gasteiger partial charge in [-0.25, -0.2) is 0 Å². The van der Waals surface area contributed by atoms with E-state index in [1.807, 2.05) is 12.1 Å². The number of para-hydroxylation sites is 1. The van der Waals surface area contributed by atoms with Gasteiger partial charge in [0.05, 0.1) is 0 Å². The summed E-state index contributed by atoms with van der Waals surface area (Å²) in [6.07, 6.45) is 5.77. The Bertz CT molecular complexity index is 498. The standard InChI is InChI=1S/C16H22N2S/c1-10-3-2-4-14(16(17)19)15(10)18-9-13-8-11-5-6-12(13)7-11/h2-4,11-13,18H,5-9H2,1H3,(H2,17,19). The number of aryl methyl sites for hydroxylation is 1. The lowest BCUT2D eigenvalue weighted by molar-refractivity contribution is 0.348. The second-order valence-electron chi connectivity index (χ2n) is 6.18. The minimum absolute atomic E-state index is 0.485. The zero-order valence-corrected chi connectivity index (χ0v) is 12.3. The van der Waals surface area contributed by atoms with Crippen LogP contribution in [0.1, 0.15) is 36.8 Å². The van der Waals surface area contributed by atoms with E-state index in [1.165, 1.54) is 31.2 Å². The van der Waals surface area contributed by atoms with Crippen molar-refractivity contribution >= 4 is 22.9 Å². The first-order valence-corrected chi connectivity index (χ1v) is 7.69. The Balaban J connectivity index is 1.71. The molecular weight excluding hydrogens is 252 g/mol. The van der Waals surface area contributed by atoms with E-state index in [-0.39, 0.29) is 0 Å². The Labute approximate surface area is 120 Å². The van der Waals surface area contributed by atoms with Crippen LogP contribution >= 0.6 is 12.2 Å². The third-order valence-electron chi connectivity index (χ3n) is 4.96. The Morgan fingerprint density at radius 1 is 1.37 bits per heavy atom. The van der Waals surface area contributed by atoms with Crippen LogP contribution < -0.4 is 11.1 Å². The zero-order chi connectivity index (χ0) is 13.4. The summed E-state index contributed by atoms with van der Waals surface area (Å²) in [6, 6.07) is 6.15. The molecule has 3 heteroatoms. The molecule has 2 nitrogen and oxygen atoms in total. The van der Waals surface area contributed by atoms with Gasteiger partial charge in [-0.15, -0.1) is 0 Å². The Kier molecular flexibility index (Phi) is 3.48. The molecular formula is C16H22N2S. The first kappa shape index (κ1) is 12.9. The van der Waals surface area contributed by atoms with E-state index in [2.05, 4.69) is 18.3 Å². The maximum atomic E-state index is 5.82. The van der Waals surface area contributed by atoms with Crippen LogP contribution in [0.3, 0.4) is 0 Å². The molecule has 2 aliphatic carbocycles. The van der Waals surface area contributed by atoms with Crippen LogP contribution in [0.5, 0.6) is 0 Å². The van der Waals surface area contributed by atoms with Gasteiger partial charge in [0.1, 0.15) is 4.99 Å². The molecule has 3 atom stereocenters. The highest BCUT2D eigenvalue weighted by Gasteiger charge is 2.39. The molecule has 0 heterocycles. The summed E-state index contributed by atoms with van der Waals surface area (Å²) in [4.78, 5) is 0.485. The number of fused-ring (bicyclic) bond motifs is 2. The van der Waals surface area contributed by atoms with Gasteiger partial charge in [-0.2, -0.15) is 0 Å². The van der Waals surface area contributed by atoms with Crippen LogP contribution in [0.4, 0.5) is 5.69 Å². The molecule has 3 unspecified atom stereocenters. The molecule has 2 bridgehead atoms. The average molecular weight is 274 g/mol. The fourth-order valence-corrected chi connectivity index (χ4v) is 4.14. The van der Waals surface area contributed by atoms with Crippen molar-refractivity contribution in [2.75, 3.05) is 11.9 Å². The fraction of sp³-hybridized carbons (Fsp3) is 0.562. The van der Waals surface area contributed by atoms with Gasteiger partial charge in [0, 0.05) is 17.8 Å². The molecule has 2 saturated carbocycles. The van der Waals surface area contributed by atoms with Crippen LogP contribution in [0.2, 0.25) is 0 Å². The first-order chi connectivity index (χ1) is 9.15. The Morgan fingerprint density at radius 3 is 2.84 bits per heavy atom. The maximum Gasteiger partial charge on any atom is 0.106 e. The number of thiocarbonyl (C=S) groups is 1. The number of anilines is 1. The second-order valence-corrected chi connectivity index (χ2v) is 6.62. The molecule has 3 rings (SSSR count). The summed E-state index contributed by atoms with van der Waals surface area (Å²) in [5.74, 6) is 2.80. The second kappa shape index (κ2) is 5.12. The Hall–Kier alpha value is -1.09. The number of nitrogens with two attached hydrogens (primary N) is 1. The highest BCUT2D eigenvalue weighted by Crippen LogP contribution is 2.48. The number of rotatable bonds is 4. The lowest BCUT2D eigenvalue weighted by Gasteiger charge is -2.24. The SMILES string of the molecule is Cc1cccc(C(N)=S)c1NCC1CC2CCC1C2. The minimum atomic E-state index is 0.485. The summed E-state index contributed by atoms with van der Waals surface area (Å²) in [5, 5.41) is 3.62. The van der Waals surface area contributed by atoms with Crippen molar-refractivity contribution < 1.29 is 0 Å². The molecule has 0 radical (unpaired) electrons. The van der Waals surface area contributed by atoms with Gasteiger partial charge in [0.25, 0.3) is 0 Å². The quantitative estimate of drug-likeness (QED) is 0.826. The highest BCUT2D eigenvalue weighted by molar-refractivity contribution is 7.80. The van der Waals surface area contributed by atoms with Crippen molar-refractivity contribution in [3.8, 4) is 0 Å². The molecule has 3 N–H and O–H groups in total. The highest BCUT2D eigenvalue weighted by atomic mass is 32.1. The zero-order valence-electron chi connectivity index (χ0n) is 11.5.